The summed E-state index contributed by atoms with van der Waals surface area (Å²) in [6, 6.07) is 26.5. The van der Waals surface area contributed by atoms with Crippen LogP contribution in [0.5, 0.6) is 11.5 Å². The number of aromatic nitrogens is 1. The molecule has 1 N–H and O–H groups in total. The molecule has 0 aliphatic carbocycles. The lowest BCUT2D eigenvalue weighted by atomic mass is 10.0. The van der Waals surface area contributed by atoms with Gasteiger partial charge in [0.1, 0.15) is 23.9 Å². The third-order valence-electron chi connectivity index (χ3n) is 6.50. The van der Waals surface area contributed by atoms with Gasteiger partial charge in [-0.05, 0) is 79.2 Å². The Labute approximate surface area is 236 Å². The lowest BCUT2D eigenvalue weighted by Crippen LogP contribution is -2.17. The first-order chi connectivity index (χ1) is 19.9. The van der Waals surface area contributed by atoms with Crippen molar-refractivity contribution >= 4 is 28.9 Å². The van der Waals surface area contributed by atoms with E-state index >= 15 is 0 Å². The average molecular weight is 552 g/mol. The second kappa shape index (κ2) is 12.3. The first kappa shape index (κ1) is 27.3. The Balaban J connectivity index is 1.21. The molecule has 0 saturated heterocycles. The molecule has 1 amide bonds. The van der Waals surface area contributed by atoms with E-state index < -0.39 is 11.9 Å². The molecule has 5 rings (SSSR count). The predicted octanol–water partition coefficient (Wildman–Crippen LogP) is 5.74. The second-order valence-electron chi connectivity index (χ2n) is 9.26. The van der Waals surface area contributed by atoms with E-state index in [1.807, 2.05) is 54.6 Å². The van der Waals surface area contributed by atoms with Gasteiger partial charge < -0.3 is 23.2 Å². The van der Waals surface area contributed by atoms with Crippen LogP contribution in [0.2, 0.25) is 0 Å². The van der Waals surface area contributed by atoms with Gasteiger partial charge in [0.25, 0.3) is 0 Å². The highest BCUT2D eigenvalue weighted by Gasteiger charge is 2.13. The smallest absolute Gasteiger partial charge is 0.343 e. The van der Waals surface area contributed by atoms with Gasteiger partial charge in [-0.2, -0.15) is 5.10 Å². The van der Waals surface area contributed by atoms with Gasteiger partial charge in [0.15, 0.2) is 12.4 Å². The minimum atomic E-state index is -0.522. The Morgan fingerprint density at radius 2 is 1.66 bits per heavy atom. The SMILES string of the molecule is COC(=O)COc1ccc2ccccc2c1/C=N/NC(=O)c1ccc(COc2ccc(-n3c(C)ccc3C)cc2)o1. The lowest BCUT2D eigenvalue weighted by Gasteiger charge is -2.11. The van der Waals surface area contributed by atoms with E-state index in [4.69, 9.17) is 13.9 Å². The second-order valence-corrected chi connectivity index (χ2v) is 9.26. The van der Waals surface area contributed by atoms with Crippen LogP contribution in [0.15, 0.2) is 94.4 Å². The van der Waals surface area contributed by atoms with Crippen molar-refractivity contribution in [2.45, 2.75) is 20.5 Å². The number of methoxy groups -OCH3 is 1. The molecule has 0 fully saturated rings. The maximum absolute atomic E-state index is 12.7. The fourth-order valence-electron chi connectivity index (χ4n) is 4.44. The molecule has 0 unspecified atom stereocenters. The highest BCUT2D eigenvalue weighted by Crippen LogP contribution is 2.27. The zero-order valence-electron chi connectivity index (χ0n) is 22.9. The molecule has 0 saturated carbocycles. The summed E-state index contributed by atoms with van der Waals surface area (Å²) in [5, 5.41) is 5.90. The Hall–Kier alpha value is -5.31. The quantitative estimate of drug-likeness (QED) is 0.135. The summed E-state index contributed by atoms with van der Waals surface area (Å²) in [6.45, 7) is 4.04. The number of carbonyl (C=O) groups is 2. The number of nitrogens with one attached hydrogen (secondary N) is 1. The number of ether oxygens (including phenoxy) is 3. The van der Waals surface area contributed by atoms with Gasteiger partial charge in [-0.15, -0.1) is 0 Å². The fourth-order valence-corrected chi connectivity index (χ4v) is 4.44. The van der Waals surface area contributed by atoms with Crippen LogP contribution in [0.1, 0.15) is 33.3 Å². The van der Waals surface area contributed by atoms with Crippen molar-refractivity contribution in [1.82, 2.24) is 9.99 Å². The largest absolute Gasteiger partial charge is 0.486 e. The highest BCUT2D eigenvalue weighted by molar-refractivity contribution is 6.03. The summed E-state index contributed by atoms with van der Waals surface area (Å²) >= 11 is 0. The Bertz CT molecular complexity index is 1700. The summed E-state index contributed by atoms with van der Waals surface area (Å²) in [7, 11) is 1.29. The Morgan fingerprint density at radius 3 is 2.41 bits per heavy atom. The van der Waals surface area contributed by atoms with Gasteiger partial charge in [-0.1, -0.05) is 30.3 Å². The normalized spacial score (nSPS) is 11.1. The third kappa shape index (κ3) is 6.30. The minimum absolute atomic E-state index is 0.0924. The van der Waals surface area contributed by atoms with Crippen LogP contribution in [-0.4, -0.2) is 36.4 Å². The van der Waals surface area contributed by atoms with Gasteiger partial charge in [0.05, 0.1) is 13.3 Å². The molecule has 0 spiro atoms. The number of fused-ring (bicyclic) bond motifs is 1. The summed E-state index contributed by atoms with van der Waals surface area (Å²) in [5.74, 6) is 0.667. The molecule has 2 aromatic heterocycles. The Kier molecular flexibility index (Phi) is 8.15. The molecule has 0 bridgehead atoms. The summed E-state index contributed by atoms with van der Waals surface area (Å²) in [5.41, 5.74) is 6.46. The summed E-state index contributed by atoms with van der Waals surface area (Å²) in [6.07, 6.45) is 1.47. The number of furan rings is 1. The number of hydrogen-bond donors (Lipinski definition) is 1. The highest BCUT2D eigenvalue weighted by atomic mass is 16.6. The van der Waals surface area contributed by atoms with E-state index in [-0.39, 0.29) is 19.0 Å². The zero-order chi connectivity index (χ0) is 28.8. The van der Waals surface area contributed by atoms with E-state index in [2.05, 4.69) is 45.8 Å². The number of hydrazone groups is 1. The molecule has 9 nitrogen and oxygen atoms in total. The number of amides is 1. The monoisotopic (exact) mass is 551 g/mol. The molecular weight excluding hydrogens is 522 g/mol. The summed E-state index contributed by atoms with van der Waals surface area (Å²) in [4.78, 5) is 24.2. The van der Waals surface area contributed by atoms with Gasteiger partial charge in [0, 0.05) is 22.6 Å². The van der Waals surface area contributed by atoms with Crippen LogP contribution in [0, 0.1) is 13.8 Å². The van der Waals surface area contributed by atoms with Crippen LogP contribution in [0.4, 0.5) is 0 Å². The first-order valence-corrected chi connectivity index (χ1v) is 12.9. The number of esters is 1. The van der Waals surface area contributed by atoms with Crippen LogP contribution in [0.25, 0.3) is 16.5 Å². The van der Waals surface area contributed by atoms with Crippen molar-refractivity contribution in [3.05, 3.63) is 113 Å². The van der Waals surface area contributed by atoms with Crippen molar-refractivity contribution in [2.75, 3.05) is 13.7 Å². The Morgan fingerprint density at radius 1 is 0.902 bits per heavy atom. The molecule has 208 valence electrons. The van der Waals surface area contributed by atoms with E-state index in [1.54, 1.807) is 18.2 Å². The molecule has 0 radical (unpaired) electrons. The number of benzene rings is 3. The van der Waals surface area contributed by atoms with Crippen LogP contribution in [0.3, 0.4) is 0 Å². The zero-order valence-corrected chi connectivity index (χ0v) is 22.9. The van der Waals surface area contributed by atoms with Gasteiger partial charge in [0.2, 0.25) is 0 Å². The van der Waals surface area contributed by atoms with Crippen molar-refractivity contribution in [1.29, 1.82) is 0 Å². The lowest BCUT2D eigenvalue weighted by molar-refractivity contribution is -0.142. The number of hydrogen-bond acceptors (Lipinski definition) is 7. The third-order valence-corrected chi connectivity index (χ3v) is 6.50. The first-order valence-electron chi connectivity index (χ1n) is 12.9. The minimum Gasteiger partial charge on any atom is -0.486 e. The number of rotatable bonds is 10. The molecular formula is C32H29N3O6. The molecule has 3 aromatic carbocycles. The van der Waals surface area contributed by atoms with E-state index in [0.29, 0.717) is 22.8 Å². The van der Waals surface area contributed by atoms with Crippen molar-refractivity contribution in [3.63, 3.8) is 0 Å². The molecule has 0 aliphatic heterocycles. The molecule has 0 aliphatic rings. The number of carbonyl (C=O) groups excluding carboxylic acids is 2. The molecule has 5 aromatic rings. The van der Waals surface area contributed by atoms with E-state index in [9.17, 15) is 9.59 Å². The van der Waals surface area contributed by atoms with Gasteiger partial charge in [-0.3, -0.25) is 4.79 Å². The van der Waals surface area contributed by atoms with Crippen LogP contribution in [-0.2, 0) is 16.1 Å². The number of nitrogens with zero attached hydrogens (tertiary/aromatic N) is 2. The van der Waals surface area contributed by atoms with Crippen molar-refractivity contribution in [3.8, 4) is 17.2 Å². The topological polar surface area (TPSA) is 104 Å². The van der Waals surface area contributed by atoms with Crippen molar-refractivity contribution in [2.24, 2.45) is 5.10 Å². The molecule has 2 heterocycles. The van der Waals surface area contributed by atoms with E-state index in [1.165, 1.54) is 13.3 Å². The standard InChI is InChI=1S/C32H29N3O6/c1-21-8-9-22(2)35(21)24-11-13-25(14-12-24)39-19-26-15-17-30(41-26)32(37)34-33-18-28-27-7-5-4-6-23(27)10-16-29(28)40-20-31(36)38-3/h4-18H,19-20H2,1-3H3,(H,34,37)/b33-18+. The van der Waals surface area contributed by atoms with Crippen LogP contribution < -0.4 is 14.9 Å². The molecule has 9 heteroatoms. The maximum Gasteiger partial charge on any atom is 0.343 e. The molecule has 0 atom stereocenters. The molecule has 41 heavy (non-hydrogen) atoms. The van der Waals surface area contributed by atoms with Gasteiger partial charge >= 0.3 is 11.9 Å². The number of aryl methyl sites for hydroxylation is 2. The van der Waals surface area contributed by atoms with E-state index in [0.717, 1.165) is 27.8 Å². The summed E-state index contributed by atoms with van der Waals surface area (Å²) < 4.78 is 24.0. The predicted molar refractivity (Wildman–Crippen MR) is 155 cm³/mol. The maximum atomic E-state index is 12.7. The van der Waals surface area contributed by atoms with Crippen molar-refractivity contribution < 1.29 is 28.2 Å². The van der Waals surface area contributed by atoms with Crippen LogP contribution >= 0.6 is 0 Å². The average Bonchev–Trinajstić information content (AvgIpc) is 3.61. The van der Waals surface area contributed by atoms with Gasteiger partial charge in [-0.25, -0.2) is 10.2 Å². The fraction of sp³-hybridized carbons (Fsp3) is 0.156.